The Kier molecular flexibility index (Phi) is 56.7. The minimum atomic E-state index is -0.772. The van der Waals surface area contributed by atoms with Crippen molar-refractivity contribution in [1.82, 2.24) is 0 Å². The summed E-state index contributed by atoms with van der Waals surface area (Å²) < 4.78 is 16.7. The summed E-state index contributed by atoms with van der Waals surface area (Å²) in [6.07, 6.45) is 69.6. The first-order valence-electron chi connectivity index (χ1n) is 30.8. The highest BCUT2D eigenvalue weighted by Gasteiger charge is 2.19. The molecule has 6 nitrogen and oxygen atoms in total. The predicted molar refractivity (Wildman–Crippen MR) is 298 cm³/mol. The highest BCUT2D eigenvalue weighted by Crippen LogP contribution is 2.18. The zero-order valence-corrected chi connectivity index (χ0v) is 46.6. The lowest BCUT2D eigenvalue weighted by molar-refractivity contribution is -0.167. The van der Waals surface area contributed by atoms with E-state index in [0.717, 1.165) is 83.5 Å². The number of carbonyl (C=O) groups is 3. The Bertz CT molecular complexity index is 1110. The second kappa shape index (κ2) is 58.5. The molecule has 0 heterocycles. The van der Waals surface area contributed by atoms with Gasteiger partial charge in [0.25, 0.3) is 0 Å². The molecule has 0 aliphatic carbocycles. The fraction of sp³-hybridized carbons (Fsp3) is 0.889. The summed E-state index contributed by atoms with van der Waals surface area (Å²) in [5.74, 6) is -0.883. The third-order valence-corrected chi connectivity index (χ3v) is 14.0. The Morgan fingerprint density at radius 3 is 0.812 bits per heavy atom. The van der Waals surface area contributed by atoms with Crippen LogP contribution in [0.5, 0.6) is 0 Å². The van der Waals surface area contributed by atoms with Crippen LogP contribution < -0.4 is 0 Å². The molecule has 0 aromatic heterocycles. The molecule has 0 saturated carbocycles. The van der Waals surface area contributed by atoms with Gasteiger partial charge in [-0.05, 0) is 51.4 Å². The van der Waals surface area contributed by atoms with Gasteiger partial charge in [0.05, 0.1) is 0 Å². The summed E-state index contributed by atoms with van der Waals surface area (Å²) in [4.78, 5) is 37.8. The summed E-state index contributed by atoms with van der Waals surface area (Å²) in [5, 5.41) is 0. The van der Waals surface area contributed by atoms with Gasteiger partial charge in [0, 0.05) is 19.3 Å². The van der Waals surface area contributed by atoms with Gasteiger partial charge in [-0.3, -0.25) is 14.4 Å². The molecule has 0 bridgehead atoms. The van der Waals surface area contributed by atoms with Crippen LogP contribution in [0.4, 0.5) is 0 Å². The summed E-state index contributed by atoms with van der Waals surface area (Å²) in [7, 11) is 0. The molecule has 0 aliphatic heterocycles. The van der Waals surface area contributed by atoms with Crippen molar-refractivity contribution < 1.29 is 28.6 Å². The van der Waals surface area contributed by atoms with E-state index in [4.69, 9.17) is 14.2 Å². The third kappa shape index (κ3) is 56.7. The largest absolute Gasteiger partial charge is 0.462 e. The summed E-state index contributed by atoms with van der Waals surface area (Å²) in [5.41, 5.74) is 0. The number of hydrogen-bond acceptors (Lipinski definition) is 6. The number of hydrogen-bond donors (Lipinski definition) is 0. The maximum atomic E-state index is 12.8. The van der Waals surface area contributed by atoms with Crippen molar-refractivity contribution in [1.29, 1.82) is 0 Å². The molecule has 1 atom stereocenters. The standard InChI is InChI=1S/C63H118O6/c1-4-7-10-13-15-17-19-21-23-25-26-27-28-29-30-31-32-33-34-35-36-37-38-40-41-43-45-47-50-53-56-62(65)68-59-60(58-67-61(64)55-52-49-12-9-6-3)69-63(66)57-54-51-48-46-44-42-39-24-22-20-18-16-14-11-8-5-2/h18,20,24,39,60H,4-17,19,21-23,25-38,40-59H2,1-3H3/b20-18-,39-24-. The van der Waals surface area contributed by atoms with Crippen LogP contribution in [-0.2, 0) is 28.6 Å². The minimum absolute atomic E-state index is 0.0732. The monoisotopic (exact) mass is 971 g/mol. The van der Waals surface area contributed by atoms with Crippen LogP contribution in [0.2, 0.25) is 0 Å². The summed E-state index contributed by atoms with van der Waals surface area (Å²) in [6, 6.07) is 0. The van der Waals surface area contributed by atoms with Crippen molar-refractivity contribution in [2.45, 2.75) is 348 Å². The molecule has 0 spiro atoms. The quantitative estimate of drug-likeness (QED) is 0.0261. The van der Waals surface area contributed by atoms with Crippen molar-refractivity contribution in [3.8, 4) is 0 Å². The maximum Gasteiger partial charge on any atom is 0.306 e. The van der Waals surface area contributed by atoms with Crippen molar-refractivity contribution in [3.63, 3.8) is 0 Å². The lowest BCUT2D eigenvalue weighted by Gasteiger charge is -2.18. The molecule has 69 heavy (non-hydrogen) atoms. The Morgan fingerprint density at radius 1 is 0.290 bits per heavy atom. The zero-order valence-electron chi connectivity index (χ0n) is 46.6. The van der Waals surface area contributed by atoms with Gasteiger partial charge in [-0.25, -0.2) is 0 Å². The van der Waals surface area contributed by atoms with Crippen LogP contribution in [0.1, 0.15) is 342 Å². The van der Waals surface area contributed by atoms with Crippen LogP contribution in [-0.4, -0.2) is 37.2 Å². The number of allylic oxidation sites excluding steroid dienone is 4. The molecule has 1 unspecified atom stereocenters. The third-order valence-electron chi connectivity index (χ3n) is 14.0. The first-order chi connectivity index (χ1) is 34.0. The molecular formula is C63H118O6. The lowest BCUT2D eigenvalue weighted by atomic mass is 10.0. The number of rotatable bonds is 57. The SMILES string of the molecule is CCCCCC/C=C\C/C=C\CCCCCCCC(=O)OC(COC(=O)CCCCCCC)COC(=O)CCCCCCCCCCCCCCCCCCCCCCCCCCCCCCCC. The van der Waals surface area contributed by atoms with E-state index in [2.05, 4.69) is 45.1 Å². The van der Waals surface area contributed by atoms with E-state index in [0.29, 0.717) is 19.3 Å². The fourth-order valence-electron chi connectivity index (χ4n) is 9.30. The van der Waals surface area contributed by atoms with Gasteiger partial charge in [-0.15, -0.1) is 0 Å². The van der Waals surface area contributed by atoms with Crippen LogP contribution in [0.15, 0.2) is 24.3 Å². The highest BCUT2D eigenvalue weighted by molar-refractivity contribution is 5.71. The van der Waals surface area contributed by atoms with E-state index in [9.17, 15) is 14.4 Å². The normalized spacial score (nSPS) is 12.1. The summed E-state index contributed by atoms with van der Waals surface area (Å²) in [6.45, 7) is 6.58. The predicted octanol–water partition coefficient (Wildman–Crippen LogP) is 20.7. The first kappa shape index (κ1) is 66.9. The van der Waals surface area contributed by atoms with Crippen molar-refractivity contribution in [2.75, 3.05) is 13.2 Å². The van der Waals surface area contributed by atoms with Crippen LogP contribution in [0, 0.1) is 0 Å². The number of esters is 3. The van der Waals surface area contributed by atoms with Gasteiger partial charge >= 0.3 is 17.9 Å². The Balaban J connectivity index is 3.92. The molecule has 0 saturated heterocycles. The first-order valence-corrected chi connectivity index (χ1v) is 30.8. The van der Waals surface area contributed by atoms with E-state index >= 15 is 0 Å². The smallest absolute Gasteiger partial charge is 0.306 e. The average Bonchev–Trinajstić information content (AvgIpc) is 3.35. The molecule has 406 valence electrons. The molecular weight excluding hydrogens is 853 g/mol. The number of unbranched alkanes of at least 4 members (excludes halogenated alkanes) is 42. The molecule has 0 N–H and O–H groups in total. The van der Waals surface area contributed by atoms with Crippen molar-refractivity contribution in [2.24, 2.45) is 0 Å². The Hall–Kier alpha value is -2.11. The Morgan fingerprint density at radius 2 is 0.522 bits per heavy atom. The van der Waals surface area contributed by atoms with Gasteiger partial charge in [0.2, 0.25) is 0 Å². The zero-order chi connectivity index (χ0) is 50.0. The topological polar surface area (TPSA) is 78.9 Å². The van der Waals surface area contributed by atoms with Gasteiger partial charge in [0.15, 0.2) is 6.10 Å². The molecule has 0 aliphatic rings. The molecule has 0 fully saturated rings. The van der Waals surface area contributed by atoms with Crippen molar-refractivity contribution >= 4 is 17.9 Å². The highest BCUT2D eigenvalue weighted by atomic mass is 16.6. The van der Waals surface area contributed by atoms with Crippen LogP contribution in [0.3, 0.4) is 0 Å². The van der Waals surface area contributed by atoms with E-state index < -0.39 is 6.10 Å². The fourth-order valence-corrected chi connectivity index (χ4v) is 9.30. The second-order valence-electron chi connectivity index (χ2n) is 21.0. The Labute approximate surface area is 430 Å². The molecule has 0 amide bonds. The van der Waals surface area contributed by atoms with E-state index in [1.165, 1.54) is 218 Å². The maximum absolute atomic E-state index is 12.8. The lowest BCUT2D eigenvalue weighted by Crippen LogP contribution is -2.30. The number of carbonyl (C=O) groups excluding carboxylic acids is 3. The number of ether oxygens (including phenoxy) is 3. The van der Waals surface area contributed by atoms with Gasteiger partial charge in [-0.1, -0.05) is 295 Å². The van der Waals surface area contributed by atoms with E-state index in [-0.39, 0.29) is 31.1 Å². The van der Waals surface area contributed by atoms with E-state index in [1.54, 1.807) is 0 Å². The van der Waals surface area contributed by atoms with Crippen LogP contribution in [0.25, 0.3) is 0 Å². The van der Waals surface area contributed by atoms with Gasteiger partial charge in [0.1, 0.15) is 13.2 Å². The molecule has 0 radical (unpaired) electrons. The van der Waals surface area contributed by atoms with Gasteiger partial charge in [-0.2, -0.15) is 0 Å². The molecule has 0 rings (SSSR count). The molecule has 0 aromatic carbocycles. The summed E-state index contributed by atoms with van der Waals surface area (Å²) >= 11 is 0. The van der Waals surface area contributed by atoms with Crippen molar-refractivity contribution in [3.05, 3.63) is 24.3 Å². The molecule has 0 aromatic rings. The van der Waals surface area contributed by atoms with E-state index in [1.807, 2.05) is 0 Å². The average molecular weight is 972 g/mol. The van der Waals surface area contributed by atoms with Crippen LogP contribution >= 0.6 is 0 Å². The van der Waals surface area contributed by atoms with Gasteiger partial charge < -0.3 is 14.2 Å². The minimum Gasteiger partial charge on any atom is -0.462 e. The second-order valence-corrected chi connectivity index (χ2v) is 21.0. The molecule has 6 heteroatoms.